The number of rotatable bonds is 4. The van der Waals surface area contributed by atoms with Crippen molar-refractivity contribution in [2.75, 3.05) is 6.54 Å². The third kappa shape index (κ3) is 2.63. The van der Waals surface area contributed by atoms with Gasteiger partial charge in [0.1, 0.15) is 17.7 Å². The molecule has 3 aromatic heterocycles. The molecule has 0 saturated heterocycles. The van der Waals surface area contributed by atoms with Crippen LogP contribution in [-0.4, -0.2) is 43.6 Å². The molecule has 7 nitrogen and oxygen atoms in total. The number of hydrogen-bond acceptors (Lipinski definition) is 4. The molecule has 1 amide bonds. The smallest absolute Gasteiger partial charge is 0.267 e. The van der Waals surface area contributed by atoms with E-state index < -0.39 is 6.10 Å². The molecule has 0 saturated carbocycles. The Kier molecular flexibility index (Phi) is 3.41. The van der Waals surface area contributed by atoms with Crippen LogP contribution in [0.3, 0.4) is 0 Å². The third-order valence-corrected chi connectivity index (χ3v) is 3.11. The second kappa shape index (κ2) is 5.37. The maximum Gasteiger partial charge on any atom is 0.267 e. The fraction of sp³-hybridized carbons (Fsp3) is 0.214. The Hall–Kier alpha value is -2.67. The quantitative estimate of drug-likeness (QED) is 0.575. The molecule has 3 rings (SSSR count). The number of carbonyl (C=O) groups excluding carboxylic acids is 1. The summed E-state index contributed by atoms with van der Waals surface area (Å²) >= 11 is 0. The first-order chi connectivity index (χ1) is 10.1. The van der Waals surface area contributed by atoms with E-state index in [1.54, 1.807) is 25.4 Å². The number of nitrogens with one attached hydrogen (secondary N) is 3. The lowest BCUT2D eigenvalue weighted by Gasteiger charge is -2.05. The van der Waals surface area contributed by atoms with E-state index in [1.165, 1.54) is 6.33 Å². The van der Waals surface area contributed by atoms with Crippen molar-refractivity contribution in [3.63, 3.8) is 0 Å². The van der Waals surface area contributed by atoms with Gasteiger partial charge < -0.3 is 20.4 Å². The predicted octanol–water partition coefficient (Wildman–Crippen LogP) is 1.06. The topological polar surface area (TPSA) is 107 Å². The Labute approximate surface area is 120 Å². The molecule has 0 aliphatic carbocycles. The normalized spacial score (nSPS) is 12.5. The van der Waals surface area contributed by atoms with Crippen LogP contribution in [0.2, 0.25) is 0 Å². The van der Waals surface area contributed by atoms with Crippen LogP contribution in [0.25, 0.3) is 22.3 Å². The molecule has 21 heavy (non-hydrogen) atoms. The summed E-state index contributed by atoms with van der Waals surface area (Å²) in [6, 6.07) is 3.62. The standard InChI is InChI=1S/C14H15N5O2/c1-8(20)5-17-14(21)11-4-9(6-16-11)12-10-2-3-15-13(10)19-7-18-12/h2-4,6-8,16,20H,5H2,1H3,(H,17,21)(H,15,18,19)/t8-/m1/s1. The minimum atomic E-state index is -0.579. The van der Waals surface area contributed by atoms with Gasteiger partial charge in [0, 0.05) is 29.9 Å². The molecule has 0 fully saturated rings. The highest BCUT2D eigenvalue weighted by atomic mass is 16.3. The number of fused-ring (bicyclic) bond motifs is 1. The van der Waals surface area contributed by atoms with E-state index in [2.05, 4.69) is 25.3 Å². The lowest BCUT2D eigenvalue weighted by Crippen LogP contribution is -2.30. The molecular formula is C14H15N5O2. The van der Waals surface area contributed by atoms with Crippen LogP contribution in [-0.2, 0) is 0 Å². The molecule has 0 aromatic carbocycles. The minimum Gasteiger partial charge on any atom is -0.392 e. The van der Waals surface area contributed by atoms with E-state index in [0.29, 0.717) is 5.69 Å². The summed E-state index contributed by atoms with van der Waals surface area (Å²) in [6.45, 7) is 1.83. The van der Waals surface area contributed by atoms with Crippen LogP contribution in [0.15, 0.2) is 30.9 Å². The zero-order valence-corrected chi connectivity index (χ0v) is 11.4. The number of carbonyl (C=O) groups is 1. The highest BCUT2D eigenvalue weighted by molar-refractivity contribution is 5.96. The maximum absolute atomic E-state index is 11.9. The molecule has 108 valence electrons. The van der Waals surface area contributed by atoms with Crippen molar-refractivity contribution in [1.82, 2.24) is 25.3 Å². The van der Waals surface area contributed by atoms with Gasteiger partial charge >= 0.3 is 0 Å². The van der Waals surface area contributed by atoms with Crippen LogP contribution >= 0.6 is 0 Å². The average Bonchev–Trinajstić information content (AvgIpc) is 3.12. The lowest BCUT2D eigenvalue weighted by atomic mass is 10.1. The number of amides is 1. The van der Waals surface area contributed by atoms with Crippen LogP contribution in [0, 0.1) is 0 Å². The number of nitrogens with zero attached hydrogens (tertiary/aromatic N) is 2. The summed E-state index contributed by atoms with van der Waals surface area (Å²) in [4.78, 5) is 26.3. The molecule has 1 atom stereocenters. The van der Waals surface area contributed by atoms with E-state index >= 15 is 0 Å². The highest BCUT2D eigenvalue weighted by Crippen LogP contribution is 2.25. The number of H-pyrrole nitrogens is 2. The molecule has 0 radical (unpaired) electrons. The van der Waals surface area contributed by atoms with Crippen molar-refractivity contribution in [2.45, 2.75) is 13.0 Å². The maximum atomic E-state index is 11.9. The molecule has 0 aliphatic rings. The first-order valence-electron chi connectivity index (χ1n) is 6.58. The van der Waals surface area contributed by atoms with Gasteiger partial charge in [0.25, 0.3) is 5.91 Å². The fourth-order valence-corrected chi connectivity index (χ4v) is 2.10. The summed E-state index contributed by atoms with van der Waals surface area (Å²) in [6.07, 6.45) is 4.43. The monoisotopic (exact) mass is 285 g/mol. The summed E-state index contributed by atoms with van der Waals surface area (Å²) < 4.78 is 0. The van der Waals surface area contributed by atoms with E-state index in [-0.39, 0.29) is 12.5 Å². The third-order valence-electron chi connectivity index (χ3n) is 3.11. The van der Waals surface area contributed by atoms with Crippen molar-refractivity contribution in [1.29, 1.82) is 0 Å². The van der Waals surface area contributed by atoms with Crippen LogP contribution in [0.4, 0.5) is 0 Å². The summed E-state index contributed by atoms with van der Waals surface area (Å²) in [5, 5.41) is 12.7. The first kappa shape index (κ1) is 13.3. The van der Waals surface area contributed by atoms with Gasteiger partial charge in [-0.05, 0) is 19.1 Å². The van der Waals surface area contributed by atoms with Gasteiger partial charge in [-0.3, -0.25) is 4.79 Å². The second-order valence-electron chi connectivity index (χ2n) is 4.82. The van der Waals surface area contributed by atoms with Gasteiger partial charge in [-0.15, -0.1) is 0 Å². The Balaban J connectivity index is 1.88. The Morgan fingerprint density at radius 1 is 1.43 bits per heavy atom. The molecule has 0 spiro atoms. The SMILES string of the molecule is C[C@@H](O)CNC(=O)c1cc(-c2ncnc3[nH]ccc23)c[nH]1. The predicted molar refractivity (Wildman–Crippen MR) is 77.7 cm³/mol. The largest absolute Gasteiger partial charge is 0.392 e. The van der Waals surface area contributed by atoms with Gasteiger partial charge in [-0.2, -0.15) is 0 Å². The average molecular weight is 285 g/mol. The molecule has 0 unspecified atom stereocenters. The fourth-order valence-electron chi connectivity index (χ4n) is 2.10. The summed E-state index contributed by atoms with van der Waals surface area (Å²) in [7, 11) is 0. The highest BCUT2D eigenvalue weighted by Gasteiger charge is 2.13. The second-order valence-corrected chi connectivity index (χ2v) is 4.82. The number of aromatic nitrogens is 4. The lowest BCUT2D eigenvalue weighted by molar-refractivity contribution is 0.0919. The first-order valence-corrected chi connectivity index (χ1v) is 6.58. The van der Waals surface area contributed by atoms with E-state index in [9.17, 15) is 9.90 Å². The molecular weight excluding hydrogens is 270 g/mol. The van der Waals surface area contributed by atoms with Gasteiger partial charge in [0.05, 0.1) is 11.8 Å². The Morgan fingerprint density at radius 2 is 2.29 bits per heavy atom. The molecule has 0 bridgehead atoms. The molecule has 0 aliphatic heterocycles. The Bertz CT molecular complexity index is 774. The number of aromatic amines is 2. The molecule has 4 N–H and O–H groups in total. The van der Waals surface area contributed by atoms with Crippen LogP contribution in [0.5, 0.6) is 0 Å². The molecule has 7 heteroatoms. The summed E-state index contributed by atoms with van der Waals surface area (Å²) in [5.41, 5.74) is 2.74. The zero-order chi connectivity index (χ0) is 14.8. The molecule has 3 aromatic rings. The minimum absolute atomic E-state index is 0.211. The van der Waals surface area contributed by atoms with Crippen LogP contribution in [0.1, 0.15) is 17.4 Å². The van der Waals surface area contributed by atoms with E-state index in [4.69, 9.17) is 0 Å². The van der Waals surface area contributed by atoms with Crippen molar-refractivity contribution < 1.29 is 9.90 Å². The van der Waals surface area contributed by atoms with E-state index in [1.807, 2.05) is 6.07 Å². The van der Waals surface area contributed by atoms with Gasteiger partial charge in [-0.1, -0.05) is 0 Å². The van der Waals surface area contributed by atoms with E-state index in [0.717, 1.165) is 22.3 Å². The van der Waals surface area contributed by atoms with Crippen molar-refractivity contribution >= 4 is 16.9 Å². The Morgan fingerprint density at radius 3 is 3.10 bits per heavy atom. The zero-order valence-electron chi connectivity index (χ0n) is 11.4. The van der Waals surface area contributed by atoms with Gasteiger partial charge in [0.15, 0.2) is 0 Å². The summed E-state index contributed by atoms with van der Waals surface area (Å²) in [5.74, 6) is -0.262. The van der Waals surface area contributed by atoms with Gasteiger partial charge in [-0.25, -0.2) is 9.97 Å². The van der Waals surface area contributed by atoms with Crippen molar-refractivity contribution in [3.05, 3.63) is 36.5 Å². The van der Waals surface area contributed by atoms with Gasteiger partial charge in [0.2, 0.25) is 0 Å². The van der Waals surface area contributed by atoms with Crippen molar-refractivity contribution in [2.24, 2.45) is 0 Å². The van der Waals surface area contributed by atoms with Crippen LogP contribution < -0.4 is 5.32 Å². The molecule has 3 heterocycles. The number of hydrogen-bond donors (Lipinski definition) is 4. The van der Waals surface area contributed by atoms with Crippen molar-refractivity contribution in [3.8, 4) is 11.3 Å². The number of aliphatic hydroxyl groups is 1. The number of aliphatic hydroxyl groups excluding tert-OH is 1.